The highest BCUT2D eigenvalue weighted by Gasteiger charge is 2.09. The smallest absolute Gasteiger partial charge is 0.276 e. The number of hydrogen-bond donors (Lipinski definition) is 2. The number of benzene rings is 2. The van der Waals surface area contributed by atoms with Crippen LogP contribution in [0.2, 0.25) is 0 Å². The summed E-state index contributed by atoms with van der Waals surface area (Å²) in [6.07, 6.45) is 0. The third-order valence-electron chi connectivity index (χ3n) is 3.49. The number of carbonyl (C=O) groups excluding carboxylic acids is 1. The third kappa shape index (κ3) is 4.13. The largest absolute Gasteiger partial charge is 0.497 e. The van der Waals surface area contributed by atoms with Crippen LogP contribution in [0.4, 0.5) is 17.2 Å². The zero-order valence-corrected chi connectivity index (χ0v) is 13.9. The standard InChI is InChI=1S/C19H15N5O2/c1-26-16-7-3-6-15(11-16)22-19(25)17-8-9-18(24-23-17)21-14-5-2-4-13(10-14)12-20/h2-11H,1H3,(H,21,24)(H,22,25). The van der Waals surface area contributed by atoms with Gasteiger partial charge in [0.1, 0.15) is 5.75 Å². The molecule has 0 aliphatic heterocycles. The van der Waals surface area contributed by atoms with Gasteiger partial charge in [0.2, 0.25) is 0 Å². The molecule has 1 amide bonds. The van der Waals surface area contributed by atoms with Gasteiger partial charge in [0, 0.05) is 17.4 Å². The lowest BCUT2D eigenvalue weighted by atomic mass is 10.2. The van der Waals surface area contributed by atoms with Gasteiger partial charge in [-0.25, -0.2) is 0 Å². The Hall–Kier alpha value is -3.92. The molecule has 3 rings (SSSR count). The Morgan fingerprint density at radius 1 is 1.04 bits per heavy atom. The predicted molar refractivity (Wildman–Crippen MR) is 97.4 cm³/mol. The number of nitrogens with one attached hydrogen (secondary N) is 2. The summed E-state index contributed by atoms with van der Waals surface area (Å²) >= 11 is 0. The van der Waals surface area contributed by atoms with E-state index in [1.54, 1.807) is 61.7 Å². The van der Waals surface area contributed by atoms with E-state index in [-0.39, 0.29) is 11.6 Å². The number of rotatable bonds is 5. The molecular weight excluding hydrogens is 330 g/mol. The minimum Gasteiger partial charge on any atom is -0.497 e. The first-order valence-electron chi connectivity index (χ1n) is 7.74. The van der Waals surface area contributed by atoms with E-state index in [2.05, 4.69) is 26.9 Å². The lowest BCUT2D eigenvalue weighted by molar-refractivity contribution is 0.102. The van der Waals surface area contributed by atoms with Crippen LogP contribution in [-0.4, -0.2) is 23.2 Å². The van der Waals surface area contributed by atoms with Crippen molar-refractivity contribution in [1.29, 1.82) is 5.26 Å². The monoisotopic (exact) mass is 345 g/mol. The zero-order valence-electron chi connectivity index (χ0n) is 13.9. The Kier molecular flexibility index (Phi) is 5.05. The highest BCUT2D eigenvalue weighted by Crippen LogP contribution is 2.18. The number of anilines is 3. The van der Waals surface area contributed by atoms with Crippen LogP contribution >= 0.6 is 0 Å². The topological polar surface area (TPSA) is 99.9 Å². The van der Waals surface area contributed by atoms with Crippen molar-refractivity contribution in [3.05, 3.63) is 71.9 Å². The van der Waals surface area contributed by atoms with Crippen LogP contribution < -0.4 is 15.4 Å². The summed E-state index contributed by atoms with van der Waals surface area (Å²) in [6.45, 7) is 0. The predicted octanol–water partition coefficient (Wildman–Crippen LogP) is 3.35. The second kappa shape index (κ2) is 7.77. The van der Waals surface area contributed by atoms with Gasteiger partial charge in [-0.3, -0.25) is 4.79 Å². The summed E-state index contributed by atoms with van der Waals surface area (Å²) in [5, 5.41) is 22.6. The molecule has 1 aromatic heterocycles. The van der Waals surface area contributed by atoms with Gasteiger partial charge in [0.15, 0.2) is 11.5 Å². The van der Waals surface area contributed by atoms with E-state index in [0.29, 0.717) is 28.5 Å². The number of ether oxygens (including phenoxy) is 1. The number of nitriles is 1. The first kappa shape index (κ1) is 16.9. The van der Waals surface area contributed by atoms with Gasteiger partial charge < -0.3 is 15.4 Å². The number of aromatic nitrogens is 2. The molecule has 128 valence electrons. The molecule has 0 atom stereocenters. The normalized spacial score (nSPS) is 9.85. The van der Waals surface area contributed by atoms with Crippen LogP contribution in [0, 0.1) is 11.3 Å². The van der Waals surface area contributed by atoms with Crippen molar-refractivity contribution < 1.29 is 9.53 Å². The molecule has 3 aromatic rings. The van der Waals surface area contributed by atoms with Crippen LogP contribution in [0.15, 0.2) is 60.7 Å². The number of hydrogen-bond acceptors (Lipinski definition) is 6. The molecule has 7 heteroatoms. The Morgan fingerprint density at radius 2 is 1.85 bits per heavy atom. The average molecular weight is 345 g/mol. The molecule has 0 saturated carbocycles. The second-order valence-corrected chi connectivity index (χ2v) is 5.31. The maximum absolute atomic E-state index is 12.3. The molecular formula is C19H15N5O2. The van der Waals surface area contributed by atoms with Crippen LogP contribution in [0.5, 0.6) is 5.75 Å². The van der Waals surface area contributed by atoms with Crippen molar-refractivity contribution in [1.82, 2.24) is 10.2 Å². The zero-order chi connectivity index (χ0) is 18.4. The molecule has 0 spiro atoms. The third-order valence-corrected chi connectivity index (χ3v) is 3.49. The van der Waals surface area contributed by atoms with Crippen molar-refractivity contribution in [2.75, 3.05) is 17.7 Å². The van der Waals surface area contributed by atoms with Crippen molar-refractivity contribution in [3.8, 4) is 11.8 Å². The molecule has 26 heavy (non-hydrogen) atoms. The summed E-state index contributed by atoms with van der Waals surface area (Å²) in [5.41, 5.74) is 2.04. The van der Waals surface area contributed by atoms with E-state index >= 15 is 0 Å². The van der Waals surface area contributed by atoms with E-state index in [4.69, 9.17) is 10.00 Å². The number of amides is 1. The van der Waals surface area contributed by atoms with E-state index in [9.17, 15) is 4.79 Å². The molecule has 0 radical (unpaired) electrons. The maximum Gasteiger partial charge on any atom is 0.276 e. The summed E-state index contributed by atoms with van der Waals surface area (Å²) < 4.78 is 5.12. The van der Waals surface area contributed by atoms with Crippen molar-refractivity contribution in [2.24, 2.45) is 0 Å². The lowest BCUT2D eigenvalue weighted by Gasteiger charge is -2.07. The van der Waals surface area contributed by atoms with Gasteiger partial charge in [-0.05, 0) is 42.5 Å². The maximum atomic E-state index is 12.3. The fourth-order valence-electron chi connectivity index (χ4n) is 2.23. The van der Waals surface area contributed by atoms with Crippen LogP contribution in [-0.2, 0) is 0 Å². The van der Waals surface area contributed by atoms with Gasteiger partial charge in [-0.15, -0.1) is 10.2 Å². The lowest BCUT2D eigenvalue weighted by Crippen LogP contribution is -2.14. The number of nitrogens with zero attached hydrogens (tertiary/aromatic N) is 3. The first-order chi connectivity index (χ1) is 12.7. The summed E-state index contributed by atoms with van der Waals surface area (Å²) in [7, 11) is 1.56. The molecule has 0 unspecified atom stereocenters. The highest BCUT2D eigenvalue weighted by molar-refractivity contribution is 6.02. The van der Waals surface area contributed by atoms with E-state index in [1.807, 2.05) is 6.07 Å². The Bertz CT molecular complexity index is 964. The highest BCUT2D eigenvalue weighted by atomic mass is 16.5. The Labute approximate surface area is 150 Å². The van der Waals surface area contributed by atoms with E-state index in [0.717, 1.165) is 0 Å². The second-order valence-electron chi connectivity index (χ2n) is 5.31. The summed E-state index contributed by atoms with van der Waals surface area (Å²) in [6, 6.07) is 19.3. The average Bonchev–Trinajstić information content (AvgIpc) is 2.69. The quantitative estimate of drug-likeness (QED) is 0.735. The summed E-state index contributed by atoms with van der Waals surface area (Å²) in [5.74, 6) is 0.745. The van der Waals surface area contributed by atoms with Gasteiger partial charge in [-0.1, -0.05) is 12.1 Å². The molecule has 0 saturated heterocycles. The molecule has 0 bridgehead atoms. The van der Waals surface area contributed by atoms with Gasteiger partial charge in [0.05, 0.1) is 18.7 Å². The van der Waals surface area contributed by atoms with E-state index in [1.165, 1.54) is 0 Å². The molecule has 7 nitrogen and oxygen atoms in total. The van der Waals surface area contributed by atoms with Crippen LogP contribution in [0.25, 0.3) is 0 Å². The fraction of sp³-hybridized carbons (Fsp3) is 0.0526. The van der Waals surface area contributed by atoms with Crippen molar-refractivity contribution in [3.63, 3.8) is 0 Å². The van der Waals surface area contributed by atoms with Gasteiger partial charge in [-0.2, -0.15) is 5.26 Å². The SMILES string of the molecule is COc1cccc(NC(=O)c2ccc(Nc3cccc(C#N)c3)nn2)c1. The van der Waals surface area contributed by atoms with Crippen LogP contribution in [0.3, 0.4) is 0 Å². The summed E-state index contributed by atoms with van der Waals surface area (Å²) in [4.78, 5) is 12.3. The molecule has 0 fully saturated rings. The van der Waals surface area contributed by atoms with E-state index < -0.39 is 0 Å². The fourth-order valence-corrected chi connectivity index (χ4v) is 2.23. The van der Waals surface area contributed by atoms with Crippen LogP contribution in [0.1, 0.15) is 16.1 Å². The van der Waals surface area contributed by atoms with Crippen molar-refractivity contribution in [2.45, 2.75) is 0 Å². The Balaban J connectivity index is 1.68. The van der Waals surface area contributed by atoms with Gasteiger partial charge in [0.25, 0.3) is 5.91 Å². The minimum absolute atomic E-state index is 0.184. The molecule has 0 aliphatic carbocycles. The molecule has 2 aromatic carbocycles. The Morgan fingerprint density at radius 3 is 2.58 bits per heavy atom. The molecule has 1 heterocycles. The van der Waals surface area contributed by atoms with Gasteiger partial charge >= 0.3 is 0 Å². The molecule has 0 aliphatic rings. The number of methoxy groups -OCH3 is 1. The minimum atomic E-state index is -0.371. The van der Waals surface area contributed by atoms with Crippen molar-refractivity contribution >= 4 is 23.1 Å². The first-order valence-corrected chi connectivity index (χ1v) is 7.74. The number of carbonyl (C=O) groups is 1. The molecule has 2 N–H and O–H groups in total.